The fourth-order valence-corrected chi connectivity index (χ4v) is 2.49. The number of benzene rings is 2. The van der Waals surface area contributed by atoms with Gasteiger partial charge in [0.15, 0.2) is 0 Å². The Balaban J connectivity index is 2.09. The standard InChI is InChI=1S/C15H11BrFN3/c16-11-8-9(17)3-5-14(11)20-13-6-4-12(18)15-10(13)2-1-7-19-15/h1-8,20H,18H2. The van der Waals surface area contributed by atoms with Crippen molar-refractivity contribution < 1.29 is 4.39 Å². The molecule has 3 nitrogen and oxygen atoms in total. The average Bonchev–Trinajstić information content (AvgIpc) is 2.45. The Labute approximate surface area is 123 Å². The van der Waals surface area contributed by atoms with E-state index in [2.05, 4.69) is 26.2 Å². The van der Waals surface area contributed by atoms with E-state index in [0.29, 0.717) is 10.2 Å². The average molecular weight is 332 g/mol. The zero-order valence-electron chi connectivity index (χ0n) is 10.4. The van der Waals surface area contributed by atoms with Crippen molar-refractivity contribution in [1.29, 1.82) is 0 Å². The minimum Gasteiger partial charge on any atom is -0.397 e. The SMILES string of the molecule is Nc1ccc(Nc2ccc(F)cc2Br)c2cccnc12. The van der Waals surface area contributed by atoms with Gasteiger partial charge in [-0.25, -0.2) is 4.39 Å². The van der Waals surface area contributed by atoms with Gasteiger partial charge < -0.3 is 11.1 Å². The molecule has 5 heteroatoms. The summed E-state index contributed by atoms with van der Waals surface area (Å²) in [5.41, 5.74) is 8.94. The Morgan fingerprint density at radius 2 is 1.90 bits per heavy atom. The highest BCUT2D eigenvalue weighted by molar-refractivity contribution is 9.10. The number of fused-ring (bicyclic) bond motifs is 1. The first kappa shape index (κ1) is 12.9. The fourth-order valence-electron chi connectivity index (χ4n) is 2.04. The first-order valence-electron chi connectivity index (χ1n) is 6.00. The molecule has 0 aliphatic carbocycles. The zero-order chi connectivity index (χ0) is 14.1. The van der Waals surface area contributed by atoms with Crippen molar-refractivity contribution in [1.82, 2.24) is 4.98 Å². The summed E-state index contributed by atoms with van der Waals surface area (Å²) in [7, 11) is 0. The van der Waals surface area contributed by atoms with E-state index in [4.69, 9.17) is 5.73 Å². The lowest BCUT2D eigenvalue weighted by atomic mass is 10.1. The van der Waals surface area contributed by atoms with Crippen molar-refractivity contribution in [3.8, 4) is 0 Å². The largest absolute Gasteiger partial charge is 0.397 e. The molecule has 100 valence electrons. The van der Waals surface area contributed by atoms with Crippen molar-refractivity contribution in [2.24, 2.45) is 0 Å². The number of rotatable bonds is 2. The number of hydrogen-bond acceptors (Lipinski definition) is 3. The van der Waals surface area contributed by atoms with Crippen LogP contribution in [-0.4, -0.2) is 4.98 Å². The summed E-state index contributed by atoms with van der Waals surface area (Å²) >= 11 is 3.34. The molecule has 3 rings (SSSR count). The number of nitrogens with two attached hydrogens (primary N) is 1. The normalized spacial score (nSPS) is 10.7. The molecule has 0 spiro atoms. The van der Waals surface area contributed by atoms with E-state index in [1.165, 1.54) is 12.1 Å². The van der Waals surface area contributed by atoms with E-state index in [1.807, 2.05) is 18.2 Å². The molecule has 0 aliphatic rings. The molecule has 0 bridgehead atoms. The molecule has 2 aromatic carbocycles. The molecule has 0 aliphatic heterocycles. The maximum atomic E-state index is 13.1. The maximum absolute atomic E-state index is 13.1. The molecular weight excluding hydrogens is 321 g/mol. The maximum Gasteiger partial charge on any atom is 0.124 e. The monoisotopic (exact) mass is 331 g/mol. The number of anilines is 3. The molecule has 3 N–H and O–H groups in total. The summed E-state index contributed by atoms with van der Waals surface area (Å²) in [4.78, 5) is 4.28. The molecule has 0 radical (unpaired) electrons. The summed E-state index contributed by atoms with van der Waals surface area (Å²) < 4.78 is 13.8. The van der Waals surface area contributed by atoms with Crippen LogP contribution >= 0.6 is 15.9 Å². The highest BCUT2D eigenvalue weighted by Gasteiger charge is 2.07. The van der Waals surface area contributed by atoms with Crippen LogP contribution in [0.15, 0.2) is 53.1 Å². The van der Waals surface area contributed by atoms with E-state index in [9.17, 15) is 4.39 Å². The highest BCUT2D eigenvalue weighted by atomic mass is 79.9. The summed E-state index contributed by atoms with van der Waals surface area (Å²) in [5, 5.41) is 4.18. The van der Waals surface area contributed by atoms with Gasteiger partial charge in [0, 0.05) is 21.7 Å². The third-order valence-corrected chi connectivity index (χ3v) is 3.66. The second-order valence-electron chi connectivity index (χ2n) is 4.35. The Hall–Kier alpha value is -2.14. The lowest BCUT2D eigenvalue weighted by molar-refractivity contribution is 0.627. The number of nitrogens with zero attached hydrogens (tertiary/aromatic N) is 1. The van der Waals surface area contributed by atoms with Crippen molar-refractivity contribution in [3.63, 3.8) is 0 Å². The van der Waals surface area contributed by atoms with Gasteiger partial charge in [-0.2, -0.15) is 0 Å². The first-order chi connectivity index (χ1) is 9.65. The quantitative estimate of drug-likeness (QED) is 0.681. The molecule has 0 saturated carbocycles. The zero-order valence-corrected chi connectivity index (χ0v) is 12.0. The number of halogens is 2. The van der Waals surface area contributed by atoms with Crippen LogP contribution in [0.3, 0.4) is 0 Å². The van der Waals surface area contributed by atoms with Gasteiger partial charge >= 0.3 is 0 Å². The molecule has 0 atom stereocenters. The van der Waals surface area contributed by atoms with E-state index >= 15 is 0 Å². The van der Waals surface area contributed by atoms with Crippen LogP contribution in [0, 0.1) is 5.82 Å². The van der Waals surface area contributed by atoms with Gasteiger partial charge in [0.2, 0.25) is 0 Å². The number of aromatic nitrogens is 1. The van der Waals surface area contributed by atoms with E-state index in [0.717, 1.165) is 22.3 Å². The van der Waals surface area contributed by atoms with Crippen LogP contribution in [0.25, 0.3) is 10.9 Å². The number of nitrogens with one attached hydrogen (secondary N) is 1. The van der Waals surface area contributed by atoms with Crippen LogP contribution in [-0.2, 0) is 0 Å². The molecule has 1 heterocycles. The Morgan fingerprint density at radius 3 is 2.70 bits per heavy atom. The Kier molecular flexibility index (Phi) is 3.28. The number of pyridine rings is 1. The molecular formula is C15H11BrFN3. The molecule has 0 fully saturated rings. The molecule has 3 aromatic rings. The minimum absolute atomic E-state index is 0.286. The van der Waals surface area contributed by atoms with Crippen LogP contribution in [0.4, 0.5) is 21.5 Å². The van der Waals surface area contributed by atoms with Gasteiger partial charge in [-0.1, -0.05) is 0 Å². The van der Waals surface area contributed by atoms with Crippen LogP contribution in [0.5, 0.6) is 0 Å². The topological polar surface area (TPSA) is 50.9 Å². The second-order valence-corrected chi connectivity index (χ2v) is 5.21. The number of nitrogen functional groups attached to an aromatic ring is 1. The van der Waals surface area contributed by atoms with Gasteiger partial charge in [-0.3, -0.25) is 4.98 Å². The Morgan fingerprint density at radius 1 is 1.10 bits per heavy atom. The van der Waals surface area contributed by atoms with Crippen molar-refractivity contribution in [2.45, 2.75) is 0 Å². The summed E-state index contributed by atoms with van der Waals surface area (Å²) in [5.74, 6) is -0.286. The smallest absolute Gasteiger partial charge is 0.124 e. The third kappa shape index (κ3) is 2.32. The minimum atomic E-state index is -0.286. The second kappa shape index (κ2) is 5.09. The molecule has 0 saturated heterocycles. The van der Waals surface area contributed by atoms with Crippen molar-refractivity contribution >= 4 is 43.9 Å². The molecule has 20 heavy (non-hydrogen) atoms. The van der Waals surface area contributed by atoms with Gasteiger partial charge in [-0.15, -0.1) is 0 Å². The lowest BCUT2D eigenvalue weighted by Gasteiger charge is -2.12. The Bertz CT molecular complexity index is 789. The predicted octanol–water partition coefficient (Wildman–Crippen LogP) is 4.46. The predicted molar refractivity (Wildman–Crippen MR) is 83.5 cm³/mol. The van der Waals surface area contributed by atoms with E-state index in [1.54, 1.807) is 18.3 Å². The lowest BCUT2D eigenvalue weighted by Crippen LogP contribution is -1.96. The van der Waals surface area contributed by atoms with E-state index < -0.39 is 0 Å². The van der Waals surface area contributed by atoms with Crippen LogP contribution < -0.4 is 11.1 Å². The van der Waals surface area contributed by atoms with Gasteiger partial charge in [-0.05, 0) is 58.4 Å². The van der Waals surface area contributed by atoms with Crippen molar-refractivity contribution in [3.05, 3.63) is 59.0 Å². The van der Waals surface area contributed by atoms with Gasteiger partial charge in [0.1, 0.15) is 5.82 Å². The van der Waals surface area contributed by atoms with Crippen LogP contribution in [0.1, 0.15) is 0 Å². The van der Waals surface area contributed by atoms with Crippen LogP contribution in [0.2, 0.25) is 0 Å². The molecule has 0 unspecified atom stereocenters. The van der Waals surface area contributed by atoms with Gasteiger partial charge in [0.05, 0.1) is 16.9 Å². The molecule has 0 amide bonds. The summed E-state index contributed by atoms with van der Waals surface area (Å²) in [6.07, 6.45) is 1.70. The highest BCUT2D eigenvalue weighted by Crippen LogP contribution is 2.32. The van der Waals surface area contributed by atoms with Gasteiger partial charge in [0.25, 0.3) is 0 Å². The van der Waals surface area contributed by atoms with Crippen molar-refractivity contribution in [2.75, 3.05) is 11.1 Å². The molecule has 1 aromatic heterocycles. The van der Waals surface area contributed by atoms with E-state index in [-0.39, 0.29) is 5.82 Å². The first-order valence-corrected chi connectivity index (χ1v) is 6.80. The summed E-state index contributed by atoms with van der Waals surface area (Å²) in [6, 6.07) is 12.0. The summed E-state index contributed by atoms with van der Waals surface area (Å²) in [6.45, 7) is 0. The third-order valence-electron chi connectivity index (χ3n) is 3.00. The number of hydrogen-bond donors (Lipinski definition) is 2. The fraction of sp³-hybridized carbons (Fsp3) is 0.